The van der Waals surface area contributed by atoms with Crippen molar-refractivity contribution in [2.45, 2.75) is 19.7 Å². The van der Waals surface area contributed by atoms with Gasteiger partial charge in [-0.05, 0) is 36.8 Å². The fourth-order valence-corrected chi connectivity index (χ4v) is 3.26. The smallest absolute Gasteiger partial charge is 0.138 e. The van der Waals surface area contributed by atoms with E-state index in [1.54, 1.807) is 6.07 Å². The highest BCUT2D eigenvalue weighted by Gasteiger charge is 2.27. The molecular weight excluding hydrogens is 315 g/mol. The summed E-state index contributed by atoms with van der Waals surface area (Å²) in [6.45, 7) is 4.59. The van der Waals surface area contributed by atoms with Gasteiger partial charge in [-0.25, -0.2) is 4.39 Å². The number of hydrogen-bond acceptors (Lipinski definition) is 2. The van der Waals surface area contributed by atoms with Gasteiger partial charge in [0.2, 0.25) is 0 Å². The van der Waals surface area contributed by atoms with Gasteiger partial charge in [0.25, 0.3) is 0 Å². The summed E-state index contributed by atoms with van der Waals surface area (Å²) in [5.41, 5.74) is 4.46. The molecule has 0 saturated carbocycles. The van der Waals surface area contributed by atoms with Gasteiger partial charge in [0, 0.05) is 36.7 Å². The van der Waals surface area contributed by atoms with Crippen molar-refractivity contribution in [3.05, 3.63) is 89.5 Å². The molecule has 4 rings (SSSR count). The van der Waals surface area contributed by atoms with Gasteiger partial charge in [0.05, 0.1) is 6.61 Å². The minimum Gasteiger partial charge on any atom is -0.357 e. The lowest BCUT2D eigenvalue weighted by Crippen LogP contribution is -2.23. The van der Waals surface area contributed by atoms with E-state index in [1.165, 1.54) is 23.3 Å². The summed E-state index contributed by atoms with van der Waals surface area (Å²) in [7, 11) is 0. The summed E-state index contributed by atoms with van der Waals surface area (Å²) in [6, 6.07) is 17.3. The van der Waals surface area contributed by atoms with E-state index in [9.17, 15) is 4.39 Å². The van der Waals surface area contributed by atoms with E-state index in [1.807, 2.05) is 29.1 Å². The summed E-state index contributed by atoms with van der Waals surface area (Å²) in [5.74, 6) is -0.231. The van der Waals surface area contributed by atoms with E-state index in [0.717, 1.165) is 30.9 Å². The molecule has 25 heavy (non-hydrogen) atoms. The number of nitrogens with zero attached hydrogens (tertiary/aromatic N) is 2. The van der Waals surface area contributed by atoms with E-state index in [2.05, 4.69) is 36.1 Å². The average molecular weight is 336 g/mol. The quantitative estimate of drug-likeness (QED) is 0.700. The highest BCUT2D eigenvalue weighted by Crippen LogP contribution is 2.29. The first-order valence-electron chi connectivity index (χ1n) is 8.54. The topological polar surface area (TPSA) is 17.4 Å². The molecule has 1 atom stereocenters. The molecule has 1 aliphatic heterocycles. The number of halogens is 1. The average Bonchev–Trinajstić information content (AvgIpc) is 3.26. The number of benzene rings is 2. The second-order valence-corrected chi connectivity index (χ2v) is 6.51. The van der Waals surface area contributed by atoms with Crippen LogP contribution in [0.3, 0.4) is 0 Å². The van der Waals surface area contributed by atoms with Gasteiger partial charge in [-0.2, -0.15) is 0 Å². The molecule has 1 aliphatic rings. The SMILES string of the molecule is Cc1ccc(CN2CCO[C@H]2c2ccn(-c3cccc(F)c3)c2)cc1. The first kappa shape index (κ1) is 16.1. The zero-order chi connectivity index (χ0) is 17.2. The van der Waals surface area contributed by atoms with Gasteiger partial charge in [-0.1, -0.05) is 35.9 Å². The summed E-state index contributed by atoms with van der Waals surface area (Å²) in [4.78, 5) is 2.33. The predicted molar refractivity (Wildman–Crippen MR) is 96.0 cm³/mol. The molecule has 2 aromatic carbocycles. The van der Waals surface area contributed by atoms with Gasteiger partial charge < -0.3 is 9.30 Å². The summed E-state index contributed by atoms with van der Waals surface area (Å²) in [5, 5.41) is 0. The van der Waals surface area contributed by atoms with Gasteiger partial charge in [0.1, 0.15) is 12.0 Å². The maximum atomic E-state index is 13.4. The van der Waals surface area contributed by atoms with Crippen LogP contribution in [0.15, 0.2) is 67.0 Å². The summed E-state index contributed by atoms with van der Waals surface area (Å²) < 4.78 is 21.3. The lowest BCUT2D eigenvalue weighted by Gasteiger charge is -2.22. The standard InChI is InChI=1S/C21H21FN2O/c1-16-5-7-17(8-6-16)14-24-11-12-25-21(24)18-9-10-23(15-18)20-4-2-3-19(22)13-20/h2-10,13,15,21H,11-12,14H2,1H3/t21-/m0/s1. The van der Waals surface area contributed by atoms with E-state index in [4.69, 9.17) is 4.74 Å². The van der Waals surface area contributed by atoms with Crippen LogP contribution in [-0.4, -0.2) is 22.6 Å². The summed E-state index contributed by atoms with van der Waals surface area (Å²) in [6.07, 6.45) is 3.92. The Morgan fingerprint density at radius 2 is 1.96 bits per heavy atom. The molecular formula is C21H21FN2O. The largest absolute Gasteiger partial charge is 0.357 e. The fraction of sp³-hybridized carbons (Fsp3) is 0.238. The van der Waals surface area contributed by atoms with Crippen molar-refractivity contribution in [3.8, 4) is 5.69 Å². The number of rotatable bonds is 4. The van der Waals surface area contributed by atoms with Crippen LogP contribution in [-0.2, 0) is 11.3 Å². The van der Waals surface area contributed by atoms with Gasteiger partial charge >= 0.3 is 0 Å². The Bertz CT molecular complexity index is 856. The minimum atomic E-state index is -0.231. The van der Waals surface area contributed by atoms with Crippen LogP contribution in [0.1, 0.15) is 22.9 Å². The fourth-order valence-electron chi connectivity index (χ4n) is 3.26. The molecule has 3 aromatic rings. The lowest BCUT2D eigenvalue weighted by atomic mass is 10.1. The Labute approximate surface area is 147 Å². The van der Waals surface area contributed by atoms with E-state index in [-0.39, 0.29) is 12.0 Å². The number of ether oxygens (including phenoxy) is 1. The Morgan fingerprint density at radius 3 is 2.76 bits per heavy atom. The molecule has 4 heteroatoms. The van der Waals surface area contributed by atoms with Crippen LogP contribution in [0.2, 0.25) is 0 Å². The van der Waals surface area contributed by atoms with Crippen LogP contribution in [0, 0.1) is 12.7 Å². The zero-order valence-corrected chi connectivity index (χ0v) is 14.2. The van der Waals surface area contributed by atoms with E-state index < -0.39 is 0 Å². The third-order valence-electron chi connectivity index (χ3n) is 4.60. The van der Waals surface area contributed by atoms with Crippen LogP contribution in [0.25, 0.3) is 5.69 Å². The third-order valence-corrected chi connectivity index (χ3v) is 4.60. The highest BCUT2D eigenvalue weighted by molar-refractivity contribution is 5.34. The van der Waals surface area contributed by atoms with Crippen molar-refractivity contribution in [3.63, 3.8) is 0 Å². The van der Waals surface area contributed by atoms with Crippen molar-refractivity contribution in [1.82, 2.24) is 9.47 Å². The first-order chi connectivity index (χ1) is 12.2. The molecule has 0 radical (unpaired) electrons. The first-order valence-corrected chi connectivity index (χ1v) is 8.54. The van der Waals surface area contributed by atoms with E-state index >= 15 is 0 Å². The van der Waals surface area contributed by atoms with Gasteiger partial charge in [-0.15, -0.1) is 0 Å². The van der Waals surface area contributed by atoms with E-state index in [0.29, 0.717) is 0 Å². The van der Waals surface area contributed by atoms with Gasteiger partial charge in [0.15, 0.2) is 0 Å². The molecule has 0 spiro atoms. The number of aromatic nitrogens is 1. The molecule has 128 valence electrons. The molecule has 3 nitrogen and oxygen atoms in total. The maximum Gasteiger partial charge on any atom is 0.138 e. The Balaban J connectivity index is 1.53. The summed E-state index contributed by atoms with van der Waals surface area (Å²) >= 11 is 0. The normalized spacial score (nSPS) is 17.9. The molecule has 0 N–H and O–H groups in total. The number of aryl methyl sites for hydroxylation is 1. The molecule has 0 aliphatic carbocycles. The Kier molecular flexibility index (Phi) is 4.38. The predicted octanol–water partition coefficient (Wildman–Crippen LogP) is 4.46. The molecule has 0 bridgehead atoms. The Hall–Kier alpha value is -2.43. The second kappa shape index (κ2) is 6.82. The Morgan fingerprint density at radius 1 is 1.12 bits per heavy atom. The molecule has 1 fully saturated rings. The van der Waals surface area contributed by atoms with Crippen molar-refractivity contribution in [1.29, 1.82) is 0 Å². The van der Waals surface area contributed by atoms with Crippen LogP contribution >= 0.6 is 0 Å². The number of hydrogen-bond donors (Lipinski definition) is 0. The van der Waals surface area contributed by atoms with Crippen LogP contribution in [0.5, 0.6) is 0 Å². The van der Waals surface area contributed by atoms with Crippen molar-refractivity contribution in [2.75, 3.05) is 13.2 Å². The third kappa shape index (κ3) is 3.50. The second-order valence-electron chi connectivity index (χ2n) is 6.51. The van der Waals surface area contributed by atoms with Crippen LogP contribution in [0.4, 0.5) is 4.39 Å². The van der Waals surface area contributed by atoms with Crippen molar-refractivity contribution in [2.24, 2.45) is 0 Å². The van der Waals surface area contributed by atoms with Crippen molar-refractivity contribution >= 4 is 0 Å². The lowest BCUT2D eigenvalue weighted by molar-refractivity contribution is 0.0288. The molecule has 1 aromatic heterocycles. The minimum absolute atomic E-state index is 0.0592. The zero-order valence-electron chi connectivity index (χ0n) is 14.2. The maximum absolute atomic E-state index is 13.4. The van der Waals surface area contributed by atoms with Crippen molar-refractivity contribution < 1.29 is 9.13 Å². The highest BCUT2D eigenvalue weighted by atomic mass is 19.1. The monoisotopic (exact) mass is 336 g/mol. The molecule has 0 unspecified atom stereocenters. The van der Waals surface area contributed by atoms with Gasteiger partial charge in [-0.3, -0.25) is 4.90 Å². The molecule has 0 amide bonds. The molecule has 1 saturated heterocycles. The van der Waals surface area contributed by atoms with Crippen LogP contribution < -0.4 is 0 Å². The molecule has 2 heterocycles.